The van der Waals surface area contributed by atoms with E-state index in [9.17, 15) is 14.4 Å². The molecule has 6 heteroatoms. The second-order valence-electron chi connectivity index (χ2n) is 4.37. The summed E-state index contributed by atoms with van der Waals surface area (Å²) in [6, 6.07) is -0.420. The normalized spacial score (nSPS) is 22.8. The molecular weight excluding hydrogens is 236 g/mol. The molecule has 0 radical (unpaired) electrons. The molecular formula is C12H16N2O4. The lowest BCUT2D eigenvalue weighted by atomic mass is 9.95. The molecule has 18 heavy (non-hydrogen) atoms. The van der Waals surface area contributed by atoms with Gasteiger partial charge in [-0.1, -0.05) is 12.2 Å². The van der Waals surface area contributed by atoms with E-state index in [4.69, 9.17) is 4.74 Å². The van der Waals surface area contributed by atoms with Crippen LogP contribution in [0.15, 0.2) is 12.2 Å². The highest BCUT2D eigenvalue weighted by molar-refractivity contribution is 5.97. The van der Waals surface area contributed by atoms with Gasteiger partial charge >= 0.3 is 12.0 Å². The standard InChI is InChI=1S/C12H16N2O4/c15-10(14-7-6-13-12(14)17)8-18-11(16)9-4-2-1-3-5-9/h1-2,9H,3-8H2,(H,13,17)/t9-/m1/s1. The number of urea groups is 1. The van der Waals surface area contributed by atoms with Crippen molar-refractivity contribution in [1.82, 2.24) is 10.2 Å². The maximum absolute atomic E-state index is 11.7. The van der Waals surface area contributed by atoms with Gasteiger partial charge in [0.25, 0.3) is 5.91 Å². The van der Waals surface area contributed by atoms with E-state index in [0.29, 0.717) is 19.5 Å². The number of hydrogen-bond acceptors (Lipinski definition) is 4. The molecule has 0 bridgehead atoms. The van der Waals surface area contributed by atoms with Crippen LogP contribution in [0.3, 0.4) is 0 Å². The minimum absolute atomic E-state index is 0.157. The van der Waals surface area contributed by atoms with Crippen molar-refractivity contribution in [2.75, 3.05) is 19.7 Å². The molecule has 0 aromatic carbocycles. The second kappa shape index (κ2) is 5.66. The van der Waals surface area contributed by atoms with Crippen molar-refractivity contribution in [2.24, 2.45) is 5.92 Å². The zero-order valence-corrected chi connectivity index (χ0v) is 10.1. The van der Waals surface area contributed by atoms with Crippen LogP contribution in [0, 0.1) is 5.92 Å². The van der Waals surface area contributed by atoms with Gasteiger partial charge in [0.2, 0.25) is 0 Å². The Balaban J connectivity index is 1.77. The highest BCUT2D eigenvalue weighted by Crippen LogP contribution is 2.19. The number of nitrogens with zero attached hydrogens (tertiary/aromatic N) is 1. The van der Waals surface area contributed by atoms with Crippen molar-refractivity contribution in [2.45, 2.75) is 19.3 Å². The van der Waals surface area contributed by atoms with Crippen molar-refractivity contribution in [3.8, 4) is 0 Å². The first kappa shape index (κ1) is 12.6. The van der Waals surface area contributed by atoms with E-state index in [2.05, 4.69) is 5.32 Å². The van der Waals surface area contributed by atoms with Gasteiger partial charge in [0, 0.05) is 13.1 Å². The summed E-state index contributed by atoms with van der Waals surface area (Å²) in [7, 11) is 0. The number of carbonyl (C=O) groups excluding carboxylic acids is 3. The molecule has 2 rings (SSSR count). The Morgan fingerprint density at radius 3 is 2.89 bits per heavy atom. The summed E-state index contributed by atoms with van der Waals surface area (Å²) in [5, 5.41) is 2.52. The summed E-state index contributed by atoms with van der Waals surface area (Å²) >= 11 is 0. The van der Waals surface area contributed by atoms with Crippen LogP contribution in [0.4, 0.5) is 4.79 Å². The lowest BCUT2D eigenvalue weighted by Crippen LogP contribution is -2.37. The van der Waals surface area contributed by atoms with E-state index < -0.39 is 11.9 Å². The SMILES string of the molecule is O=C(OCC(=O)N1CCNC1=O)[C@@H]1CC=CCC1. The fourth-order valence-electron chi connectivity index (χ4n) is 2.05. The Hall–Kier alpha value is -1.85. The fraction of sp³-hybridized carbons (Fsp3) is 0.583. The van der Waals surface area contributed by atoms with Crippen molar-refractivity contribution in [3.63, 3.8) is 0 Å². The lowest BCUT2D eigenvalue weighted by molar-refractivity contribution is -0.154. The van der Waals surface area contributed by atoms with E-state index in [-0.39, 0.29) is 18.5 Å². The van der Waals surface area contributed by atoms with E-state index in [1.807, 2.05) is 12.2 Å². The molecule has 0 saturated carbocycles. The molecule has 1 N–H and O–H groups in total. The first-order chi connectivity index (χ1) is 8.68. The van der Waals surface area contributed by atoms with Crippen LogP contribution in [-0.4, -0.2) is 42.5 Å². The van der Waals surface area contributed by atoms with Crippen LogP contribution in [0.1, 0.15) is 19.3 Å². The molecule has 1 aliphatic heterocycles. The van der Waals surface area contributed by atoms with Gasteiger partial charge in [0.1, 0.15) is 0 Å². The molecule has 0 aromatic heterocycles. The van der Waals surface area contributed by atoms with Gasteiger partial charge in [-0.25, -0.2) is 4.79 Å². The smallest absolute Gasteiger partial charge is 0.324 e. The Kier molecular flexibility index (Phi) is 3.96. The number of allylic oxidation sites excluding steroid dienone is 2. The number of ether oxygens (including phenoxy) is 1. The first-order valence-electron chi connectivity index (χ1n) is 6.08. The zero-order chi connectivity index (χ0) is 13.0. The zero-order valence-electron chi connectivity index (χ0n) is 10.1. The largest absolute Gasteiger partial charge is 0.455 e. The summed E-state index contributed by atoms with van der Waals surface area (Å²) < 4.78 is 4.96. The van der Waals surface area contributed by atoms with Crippen LogP contribution >= 0.6 is 0 Å². The van der Waals surface area contributed by atoms with Crippen LogP contribution in [-0.2, 0) is 14.3 Å². The third-order valence-electron chi connectivity index (χ3n) is 3.10. The Morgan fingerprint density at radius 1 is 1.44 bits per heavy atom. The fourth-order valence-corrected chi connectivity index (χ4v) is 2.05. The molecule has 1 atom stereocenters. The van der Waals surface area contributed by atoms with E-state index in [1.54, 1.807) is 0 Å². The third kappa shape index (κ3) is 2.88. The lowest BCUT2D eigenvalue weighted by Gasteiger charge is -2.17. The summed E-state index contributed by atoms with van der Waals surface area (Å²) in [4.78, 5) is 35.6. The predicted octanol–water partition coefficient (Wildman–Crippen LogP) is 0.438. The number of nitrogens with one attached hydrogen (secondary N) is 1. The van der Waals surface area contributed by atoms with Crippen molar-refractivity contribution in [1.29, 1.82) is 0 Å². The Morgan fingerprint density at radius 2 is 2.28 bits per heavy atom. The monoisotopic (exact) mass is 252 g/mol. The molecule has 3 amide bonds. The summed E-state index contributed by atoms with van der Waals surface area (Å²) in [5.41, 5.74) is 0. The molecule has 6 nitrogen and oxygen atoms in total. The van der Waals surface area contributed by atoms with Crippen LogP contribution in [0.25, 0.3) is 0 Å². The molecule has 1 fully saturated rings. The number of esters is 1. The maximum Gasteiger partial charge on any atom is 0.324 e. The average molecular weight is 252 g/mol. The Bertz CT molecular complexity index is 392. The molecule has 1 saturated heterocycles. The number of imide groups is 1. The third-order valence-corrected chi connectivity index (χ3v) is 3.10. The van der Waals surface area contributed by atoms with Crippen molar-refractivity contribution in [3.05, 3.63) is 12.2 Å². The molecule has 2 aliphatic rings. The molecule has 0 aromatic rings. The Labute approximate surface area is 105 Å². The van der Waals surface area contributed by atoms with Gasteiger partial charge in [-0.2, -0.15) is 0 Å². The quantitative estimate of drug-likeness (QED) is 0.584. The van der Waals surface area contributed by atoms with Gasteiger partial charge in [-0.05, 0) is 19.3 Å². The average Bonchev–Trinajstić information content (AvgIpc) is 2.83. The highest BCUT2D eigenvalue weighted by Gasteiger charge is 2.28. The van der Waals surface area contributed by atoms with Gasteiger partial charge in [-0.3, -0.25) is 14.5 Å². The maximum atomic E-state index is 11.7. The number of amides is 3. The summed E-state index contributed by atoms with van der Waals surface area (Å²) in [5.74, 6) is -0.979. The van der Waals surface area contributed by atoms with Gasteiger partial charge in [0.15, 0.2) is 6.61 Å². The molecule has 98 valence electrons. The molecule has 1 heterocycles. The molecule has 0 spiro atoms. The number of rotatable bonds is 3. The van der Waals surface area contributed by atoms with Crippen LogP contribution in [0.5, 0.6) is 0 Å². The highest BCUT2D eigenvalue weighted by atomic mass is 16.5. The predicted molar refractivity (Wildman–Crippen MR) is 62.6 cm³/mol. The topological polar surface area (TPSA) is 75.7 Å². The van der Waals surface area contributed by atoms with E-state index in [0.717, 1.165) is 17.7 Å². The minimum atomic E-state index is -0.468. The van der Waals surface area contributed by atoms with Crippen LogP contribution in [0.2, 0.25) is 0 Å². The first-order valence-corrected chi connectivity index (χ1v) is 6.08. The molecule has 0 unspecified atom stereocenters. The van der Waals surface area contributed by atoms with E-state index in [1.165, 1.54) is 0 Å². The number of carbonyl (C=O) groups is 3. The van der Waals surface area contributed by atoms with Crippen LogP contribution < -0.4 is 5.32 Å². The van der Waals surface area contributed by atoms with Gasteiger partial charge in [-0.15, -0.1) is 0 Å². The van der Waals surface area contributed by atoms with Crippen molar-refractivity contribution >= 4 is 17.9 Å². The van der Waals surface area contributed by atoms with Gasteiger partial charge < -0.3 is 10.1 Å². The molecule has 1 aliphatic carbocycles. The van der Waals surface area contributed by atoms with E-state index >= 15 is 0 Å². The van der Waals surface area contributed by atoms with Crippen molar-refractivity contribution < 1.29 is 19.1 Å². The second-order valence-corrected chi connectivity index (χ2v) is 4.37. The summed E-state index contributed by atoms with van der Waals surface area (Å²) in [6.07, 6.45) is 6.27. The summed E-state index contributed by atoms with van der Waals surface area (Å²) in [6.45, 7) is 0.430. The minimum Gasteiger partial charge on any atom is -0.455 e. The van der Waals surface area contributed by atoms with Gasteiger partial charge in [0.05, 0.1) is 5.92 Å². The number of hydrogen-bond donors (Lipinski definition) is 1.